The standard InChI is InChI=1S/C23H32FN5O4S.Na.H/c1-13(2)17-10-16(24)11-18(14(3)4)21(17)25-23(31)27-34(32,33)20-12-19(29(26-20)15(5)6)22(30)28-8-7-9-28;;/h10-15H,7-9H2,1-6H3,(H2,25,27,31);;. The number of hydrogen-bond acceptors (Lipinski definition) is 5. The molecule has 0 radical (unpaired) electrons. The van der Waals surface area contributed by atoms with E-state index in [2.05, 4.69) is 10.4 Å². The summed E-state index contributed by atoms with van der Waals surface area (Å²) in [6, 6.07) is 2.59. The average molecular weight is 518 g/mol. The van der Waals surface area contributed by atoms with Crippen LogP contribution in [0, 0.1) is 5.82 Å². The van der Waals surface area contributed by atoms with Gasteiger partial charge in [0.1, 0.15) is 11.5 Å². The third kappa shape index (κ3) is 6.44. The van der Waals surface area contributed by atoms with E-state index in [1.54, 1.807) is 18.7 Å². The van der Waals surface area contributed by atoms with E-state index in [1.807, 2.05) is 32.4 Å². The van der Waals surface area contributed by atoms with Crippen LogP contribution < -0.4 is 10.0 Å². The first-order valence-electron chi connectivity index (χ1n) is 11.4. The molecular weight excluding hydrogens is 484 g/mol. The summed E-state index contributed by atoms with van der Waals surface area (Å²) in [5.74, 6) is -0.953. The summed E-state index contributed by atoms with van der Waals surface area (Å²) in [5.41, 5.74) is 1.64. The summed E-state index contributed by atoms with van der Waals surface area (Å²) in [7, 11) is -4.38. The van der Waals surface area contributed by atoms with Crippen LogP contribution in [-0.2, 0) is 10.0 Å². The molecule has 12 heteroatoms. The van der Waals surface area contributed by atoms with Gasteiger partial charge in [-0.1, -0.05) is 27.7 Å². The van der Waals surface area contributed by atoms with Crippen LogP contribution in [0.2, 0.25) is 0 Å². The predicted octanol–water partition coefficient (Wildman–Crippen LogP) is 3.56. The van der Waals surface area contributed by atoms with Crippen molar-refractivity contribution in [2.75, 3.05) is 18.4 Å². The van der Waals surface area contributed by atoms with Crippen molar-refractivity contribution in [1.29, 1.82) is 0 Å². The zero-order valence-corrected chi connectivity index (χ0v) is 21.2. The number of hydrogen-bond donors (Lipinski definition) is 2. The Labute approximate surface area is 228 Å². The number of aromatic nitrogens is 2. The molecule has 0 saturated carbocycles. The maximum atomic E-state index is 14.1. The Morgan fingerprint density at radius 2 is 1.54 bits per heavy atom. The van der Waals surface area contributed by atoms with Crippen LogP contribution in [0.3, 0.4) is 0 Å². The van der Waals surface area contributed by atoms with E-state index in [1.165, 1.54) is 22.9 Å². The van der Waals surface area contributed by atoms with E-state index >= 15 is 0 Å². The molecule has 1 aliphatic heterocycles. The number of amides is 3. The third-order valence-corrected chi connectivity index (χ3v) is 6.92. The summed E-state index contributed by atoms with van der Waals surface area (Å²) >= 11 is 0. The van der Waals surface area contributed by atoms with Crippen molar-refractivity contribution in [2.45, 2.75) is 70.9 Å². The van der Waals surface area contributed by atoms with Gasteiger partial charge >= 0.3 is 35.6 Å². The van der Waals surface area contributed by atoms with Gasteiger partial charge in [0.25, 0.3) is 15.9 Å². The van der Waals surface area contributed by atoms with Gasteiger partial charge in [-0.2, -0.15) is 13.5 Å². The Balaban J connectivity index is 0.00000432. The quantitative estimate of drug-likeness (QED) is 0.546. The van der Waals surface area contributed by atoms with E-state index in [0.29, 0.717) is 29.9 Å². The number of halogens is 1. The second-order valence-electron chi connectivity index (χ2n) is 9.38. The van der Waals surface area contributed by atoms with Crippen molar-refractivity contribution in [3.05, 3.63) is 40.8 Å². The first kappa shape index (κ1) is 29.3. The van der Waals surface area contributed by atoms with Gasteiger partial charge in [0.2, 0.25) is 0 Å². The van der Waals surface area contributed by atoms with E-state index in [-0.39, 0.29) is 59.0 Å². The molecule has 1 aliphatic rings. The van der Waals surface area contributed by atoms with Crippen molar-refractivity contribution in [2.24, 2.45) is 0 Å². The fraction of sp³-hybridized carbons (Fsp3) is 0.522. The minimum atomic E-state index is -4.38. The number of sulfonamides is 1. The molecule has 3 amide bonds. The minimum absolute atomic E-state index is 0. The monoisotopic (exact) mass is 517 g/mol. The molecule has 1 saturated heterocycles. The Kier molecular flexibility index (Phi) is 9.54. The summed E-state index contributed by atoms with van der Waals surface area (Å²) in [5, 5.41) is 6.26. The summed E-state index contributed by atoms with van der Waals surface area (Å²) in [6.45, 7) is 12.2. The maximum absolute atomic E-state index is 14.1. The van der Waals surface area contributed by atoms with Crippen molar-refractivity contribution in [3.63, 3.8) is 0 Å². The molecule has 3 rings (SSSR count). The fourth-order valence-corrected chi connectivity index (χ4v) is 4.62. The number of benzene rings is 1. The van der Waals surface area contributed by atoms with Crippen LogP contribution in [-0.4, -0.2) is 77.7 Å². The van der Waals surface area contributed by atoms with Gasteiger partial charge in [0.05, 0.1) is 0 Å². The molecule has 2 heterocycles. The predicted molar refractivity (Wildman–Crippen MR) is 134 cm³/mol. The number of likely N-dealkylation sites (tertiary alicyclic amines) is 1. The van der Waals surface area contributed by atoms with E-state index < -0.39 is 26.9 Å². The SMILES string of the molecule is CC(C)c1cc(F)cc(C(C)C)c1NC(=O)NS(=O)(=O)c1cc(C(=O)N2CCC2)n(C(C)C)n1.[NaH]. The molecular formula is C23H33FN5NaO4S. The first-order valence-corrected chi connectivity index (χ1v) is 12.9. The average Bonchev–Trinajstić information content (AvgIpc) is 3.13. The van der Waals surface area contributed by atoms with Crippen molar-refractivity contribution in [3.8, 4) is 0 Å². The van der Waals surface area contributed by atoms with Crippen molar-refractivity contribution < 1.29 is 22.4 Å². The Morgan fingerprint density at radius 3 is 1.97 bits per heavy atom. The molecule has 0 bridgehead atoms. The molecule has 0 unspecified atom stereocenters. The summed E-state index contributed by atoms with van der Waals surface area (Å²) in [6.07, 6.45) is 0.897. The Morgan fingerprint density at radius 1 is 1.00 bits per heavy atom. The van der Waals surface area contributed by atoms with Gasteiger partial charge in [0, 0.05) is 30.9 Å². The number of urea groups is 1. The number of anilines is 1. The van der Waals surface area contributed by atoms with Crippen LogP contribution in [0.4, 0.5) is 14.9 Å². The van der Waals surface area contributed by atoms with Crippen molar-refractivity contribution >= 4 is 57.2 Å². The second kappa shape index (κ2) is 11.4. The Hall–Kier alpha value is -1.95. The number of carbonyl (C=O) groups is 2. The molecule has 2 aromatic rings. The molecule has 2 N–H and O–H groups in total. The first-order chi connectivity index (χ1) is 15.8. The van der Waals surface area contributed by atoms with E-state index in [9.17, 15) is 22.4 Å². The van der Waals surface area contributed by atoms with Gasteiger partial charge in [-0.25, -0.2) is 13.9 Å². The second-order valence-corrected chi connectivity index (χ2v) is 11.0. The molecule has 1 aromatic carbocycles. The topological polar surface area (TPSA) is 113 Å². The van der Waals surface area contributed by atoms with Crippen LogP contribution in [0.25, 0.3) is 0 Å². The molecule has 0 aliphatic carbocycles. The number of rotatable bonds is 7. The zero-order chi connectivity index (χ0) is 25.4. The number of nitrogens with zero attached hydrogens (tertiary/aromatic N) is 3. The van der Waals surface area contributed by atoms with Crippen molar-refractivity contribution in [1.82, 2.24) is 19.4 Å². The molecule has 1 aromatic heterocycles. The van der Waals surface area contributed by atoms with Gasteiger partial charge in [-0.3, -0.25) is 9.48 Å². The summed E-state index contributed by atoms with van der Waals surface area (Å²) < 4.78 is 43.4. The van der Waals surface area contributed by atoms with E-state index in [0.717, 1.165) is 6.42 Å². The zero-order valence-electron chi connectivity index (χ0n) is 20.3. The normalized spacial score (nSPS) is 13.6. The van der Waals surface area contributed by atoms with Crippen LogP contribution in [0.15, 0.2) is 23.2 Å². The Bertz CT molecular complexity index is 1180. The van der Waals surface area contributed by atoms with Crippen LogP contribution in [0.5, 0.6) is 0 Å². The molecule has 0 atom stereocenters. The third-order valence-electron chi connectivity index (χ3n) is 5.71. The van der Waals surface area contributed by atoms with Crippen LogP contribution >= 0.6 is 0 Å². The number of carbonyl (C=O) groups excluding carboxylic acids is 2. The molecule has 0 spiro atoms. The van der Waals surface area contributed by atoms with E-state index in [4.69, 9.17) is 0 Å². The molecule has 9 nitrogen and oxygen atoms in total. The van der Waals surface area contributed by atoms with Gasteiger partial charge in [0.15, 0.2) is 5.03 Å². The van der Waals surface area contributed by atoms with Gasteiger partial charge in [-0.15, -0.1) is 0 Å². The molecule has 35 heavy (non-hydrogen) atoms. The summed E-state index contributed by atoms with van der Waals surface area (Å²) in [4.78, 5) is 27.1. The molecule has 1 fully saturated rings. The van der Waals surface area contributed by atoms with Gasteiger partial charge in [-0.05, 0) is 55.4 Å². The fourth-order valence-electron chi connectivity index (χ4n) is 3.76. The number of nitrogens with one attached hydrogen (secondary N) is 2. The van der Waals surface area contributed by atoms with Crippen LogP contribution in [0.1, 0.15) is 87.5 Å². The van der Waals surface area contributed by atoms with Gasteiger partial charge < -0.3 is 10.2 Å². The molecule has 188 valence electrons.